The van der Waals surface area contributed by atoms with Crippen molar-refractivity contribution < 1.29 is 23.2 Å². The van der Waals surface area contributed by atoms with Gasteiger partial charge in [-0.05, 0) is 79.6 Å². The Kier molecular flexibility index (Phi) is 7.90. The number of hydrogen-bond acceptors (Lipinski definition) is 5. The van der Waals surface area contributed by atoms with Gasteiger partial charge in [0.05, 0.1) is 15.5 Å². The predicted octanol–water partition coefficient (Wildman–Crippen LogP) is 5.83. The minimum atomic E-state index is -1.15. The first kappa shape index (κ1) is 31.2. The largest absolute Gasteiger partial charge is 0.325 e. The number of carbonyl (C=O) groups is 3. The number of alkyl halides is 1. The maximum Gasteiger partial charge on any atom is 0.244 e. The van der Waals surface area contributed by atoms with Gasteiger partial charge in [0.15, 0.2) is 0 Å². The number of rotatable bonds is 5. The highest BCUT2D eigenvalue weighted by Crippen LogP contribution is 2.48. The zero-order valence-electron chi connectivity index (χ0n) is 25.7. The van der Waals surface area contributed by atoms with Crippen LogP contribution in [0.2, 0.25) is 0 Å². The second-order valence-electron chi connectivity index (χ2n) is 13.4. The number of benzene rings is 2. The summed E-state index contributed by atoms with van der Waals surface area (Å²) in [5.41, 5.74) is 1.11. The first-order valence-corrected chi connectivity index (χ1v) is 17.4. The third-order valence-electron chi connectivity index (χ3n) is 10.7. The number of hydrogen-bond donors (Lipinski definition) is 2. The molecule has 2 aliphatic carbocycles. The molecule has 2 aliphatic heterocycles. The second kappa shape index (κ2) is 11.7. The topological polar surface area (TPSA) is 94.6 Å². The van der Waals surface area contributed by atoms with Crippen LogP contribution in [0.1, 0.15) is 67.7 Å². The van der Waals surface area contributed by atoms with E-state index >= 15 is 0 Å². The van der Waals surface area contributed by atoms with Gasteiger partial charge < -0.3 is 15.5 Å². The van der Waals surface area contributed by atoms with Crippen molar-refractivity contribution in [3.05, 3.63) is 88.6 Å². The van der Waals surface area contributed by atoms with Crippen LogP contribution in [0.5, 0.6) is 0 Å². The molecule has 2 aromatic carbocycles. The fraction of sp³-hybridized carbons (Fsp3) is 0.429. The molecular weight excluding hydrogens is 703 g/mol. The van der Waals surface area contributed by atoms with Crippen molar-refractivity contribution in [1.82, 2.24) is 14.8 Å². The van der Waals surface area contributed by atoms with Gasteiger partial charge in [0, 0.05) is 30.1 Å². The molecule has 2 fully saturated rings. The SMILES string of the molecule is C[C@@]1(c2cc(F)cc(F)c2)CN(CI)C2(CCCCCC2)C(=O)N1CC(=O)Nc1ccc2c(c1)C[C@@]1(C2)C(=O)Nc2ncccc21. The van der Waals surface area contributed by atoms with E-state index in [2.05, 4.69) is 43.1 Å². The Hall–Kier alpha value is -3.45. The standard InChI is InChI=1S/C35H36F2IN5O3/c1-33(24-14-25(36)16-26(37)15-24)20-42(21-38)35(10-4-2-3-5-11-35)32(46)43(33)19-29(44)40-27-9-8-22-17-34(18-23(22)13-27)28-7-6-12-39-30(28)41-31(34)45/h6-9,12-16H,2-5,10-11,17-21H2,1H3,(H,40,44)(H,39,41,45)/t33-,34+/m0/s1. The maximum atomic E-state index is 14.7. The number of amides is 3. The van der Waals surface area contributed by atoms with Crippen molar-refractivity contribution in [2.24, 2.45) is 0 Å². The van der Waals surface area contributed by atoms with E-state index in [0.717, 1.165) is 48.4 Å². The molecular formula is C35H36F2IN5O3. The summed E-state index contributed by atoms with van der Waals surface area (Å²) < 4.78 is 29.7. The van der Waals surface area contributed by atoms with Crippen LogP contribution in [0.3, 0.4) is 0 Å². The molecule has 11 heteroatoms. The molecule has 3 aromatic rings. The zero-order chi connectivity index (χ0) is 32.3. The maximum absolute atomic E-state index is 14.7. The molecule has 3 amide bonds. The molecule has 7 rings (SSSR count). The van der Waals surface area contributed by atoms with Crippen molar-refractivity contribution in [3.8, 4) is 0 Å². The predicted molar refractivity (Wildman–Crippen MR) is 178 cm³/mol. The number of piperazine rings is 1. The first-order valence-electron chi connectivity index (χ1n) is 15.9. The molecule has 3 heterocycles. The van der Waals surface area contributed by atoms with E-state index in [1.54, 1.807) is 18.0 Å². The zero-order valence-corrected chi connectivity index (χ0v) is 27.8. The minimum Gasteiger partial charge on any atom is -0.325 e. The molecule has 8 nitrogen and oxygen atoms in total. The Balaban J connectivity index is 1.18. The highest BCUT2D eigenvalue weighted by Gasteiger charge is 2.57. The molecule has 46 heavy (non-hydrogen) atoms. The van der Waals surface area contributed by atoms with E-state index in [9.17, 15) is 23.2 Å². The van der Waals surface area contributed by atoms with Crippen molar-refractivity contribution in [1.29, 1.82) is 0 Å². The van der Waals surface area contributed by atoms with Crippen LogP contribution in [0.4, 0.5) is 20.3 Å². The van der Waals surface area contributed by atoms with Gasteiger partial charge in [-0.2, -0.15) is 0 Å². The van der Waals surface area contributed by atoms with E-state index in [0.29, 0.717) is 53.8 Å². The Morgan fingerprint density at radius 3 is 2.43 bits per heavy atom. The number of carbonyl (C=O) groups excluding carboxylic acids is 3. The summed E-state index contributed by atoms with van der Waals surface area (Å²) in [6, 6.07) is 12.8. The molecule has 1 saturated carbocycles. The van der Waals surface area contributed by atoms with Crippen molar-refractivity contribution in [3.63, 3.8) is 0 Å². The average Bonchev–Trinajstić information content (AvgIpc) is 3.41. The number of fused-ring (bicyclic) bond motifs is 3. The Bertz CT molecular complexity index is 1720. The average molecular weight is 740 g/mol. The lowest BCUT2D eigenvalue weighted by Crippen LogP contribution is -2.72. The van der Waals surface area contributed by atoms with Gasteiger partial charge in [0.2, 0.25) is 17.7 Å². The van der Waals surface area contributed by atoms with Crippen molar-refractivity contribution in [2.45, 2.75) is 74.8 Å². The van der Waals surface area contributed by atoms with Crippen molar-refractivity contribution in [2.75, 3.05) is 28.3 Å². The molecule has 2 spiro atoms. The first-order chi connectivity index (χ1) is 22.1. The number of nitrogens with one attached hydrogen (secondary N) is 2. The molecule has 2 atom stereocenters. The molecule has 4 aliphatic rings. The Morgan fingerprint density at radius 1 is 1.00 bits per heavy atom. The third kappa shape index (κ3) is 5.01. The van der Waals surface area contributed by atoms with Crippen LogP contribution in [0.15, 0.2) is 54.7 Å². The lowest BCUT2D eigenvalue weighted by Gasteiger charge is -2.57. The van der Waals surface area contributed by atoms with Gasteiger partial charge in [0.1, 0.15) is 29.5 Å². The quantitative estimate of drug-likeness (QED) is 0.195. The van der Waals surface area contributed by atoms with E-state index in [-0.39, 0.29) is 18.4 Å². The van der Waals surface area contributed by atoms with Crippen LogP contribution < -0.4 is 10.6 Å². The van der Waals surface area contributed by atoms with Gasteiger partial charge in [-0.3, -0.25) is 19.3 Å². The third-order valence-corrected chi connectivity index (χ3v) is 11.5. The second-order valence-corrected chi connectivity index (χ2v) is 14.1. The number of nitrogens with zero attached hydrogens (tertiary/aromatic N) is 3. The van der Waals surface area contributed by atoms with E-state index in [4.69, 9.17) is 0 Å². The van der Waals surface area contributed by atoms with Crippen LogP contribution >= 0.6 is 22.6 Å². The smallest absolute Gasteiger partial charge is 0.244 e. The lowest BCUT2D eigenvalue weighted by molar-refractivity contribution is -0.167. The van der Waals surface area contributed by atoms with E-state index < -0.39 is 34.0 Å². The highest BCUT2D eigenvalue weighted by molar-refractivity contribution is 14.1. The normalized spacial score (nSPS) is 25.3. The van der Waals surface area contributed by atoms with Crippen LogP contribution in [0.25, 0.3) is 0 Å². The van der Waals surface area contributed by atoms with Gasteiger partial charge >= 0.3 is 0 Å². The summed E-state index contributed by atoms with van der Waals surface area (Å²) in [7, 11) is 0. The van der Waals surface area contributed by atoms with Crippen molar-refractivity contribution >= 4 is 51.8 Å². The van der Waals surface area contributed by atoms with Crippen LogP contribution in [0, 0.1) is 11.6 Å². The molecule has 0 unspecified atom stereocenters. The summed E-state index contributed by atoms with van der Waals surface area (Å²) in [5, 5.41) is 5.90. The number of anilines is 2. The monoisotopic (exact) mass is 739 g/mol. The summed E-state index contributed by atoms with van der Waals surface area (Å²) in [5.74, 6) is -1.51. The fourth-order valence-electron chi connectivity index (χ4n) is 8.27. The van der Waals surface area contributed by atoms with Crippen LogP contribution in [-0.4, -0.2) is 55.7 Å². The molecule has 1 aromatic heterocycles. The summed E-state index contributed by atoms with van der Waals surface area (Å²) in [4.78, 5) is 49.7. The van der Waals surface area contributed by atoms with E-state index in [1.807, 2.05) is 30.3 Å². The van der Waals surface area contributed by atoms with Gasteiger partial charge in [-0.1, -0.05) is 60.4 Å². The highest BCUT2D eigenvalue weighted by atomic mass is 127. The van der Waals surface area contributed by atoms with Gasteiger partial charge in [-0.15, -0.1) is 0 Å². The molecule has 0 radical (unpaired) electrons. The summed E-state index contributed by atoms with van der Waals surface area (Å²) in [6.45, 7) is 1.87. The molecule has 0 bridgehead atoms. The number of aromatic nitrogens is 1. The number of pyridine rings is 1. The van der Waals surface area contributed by atoms with Gasteiger partial charge in [-0.25, -0.2) is 13.8 Å². The minimum absolute atomic E-state index is 0.0762. The fourth-order valence-corrected chi connectivity index (χ4v) is 9.16. The number of halogens is 3. The summed E-state index contributed by atoms with van der Waals surface area (Å²) >= 11 is 2.27. The van der Waals surface area contributed by atoms with Crippen LogP contribution in [-0.2, 0) is 38.2 Å². The molecule has 1 saturated heterocycles. The van der Waals surface area contributed by atoms with E-state index in [1.165, 1.54) is 12.1 Å². The Labute approximate surface area is 280 Å². The Morgan fingerprint density at radius 2 is 1.72 bits per heavy atom. The summed E-state index contributed by atoms with van der Waals surface area (Å²) in [6.07, 6.45) is 7.94. The lowest BCUT2D eigenvalue weighted by atomic mass is 9.77. The molecule has 240 valence electrons. The molecule has 2 N–H and O–H groups in total. The van der Waals surface area contributed by atoms with Gasteiger partial charge in [0.25, 0.3) is 0 Å².